The molecule has 0 aliphatic heterocycles. The Bertz CT molecular complexity index is 577. The monoisotopic (exact) mass is 244 g/mol. The van der Waals surface area contributed by atoms with Crippen LogP contribution in [-0.4, -0.2) is 21.3 Å². The van der Waals surface area contributed by atoms with Gasteiger partial charge >= 0.3 is 5.97 Å². The first-order chi connectivity index (χ1) is 8.49. The number of aromatic amines is 1. The quantitative estimate of drug-likeness (QED) is 0.872. The maximum absolute atomic E-state index is 10.8. The van der Waals surface area contributed by atoms with Crippen LogP contribution in [0.3, 0.4) is 0 Å². The number of rotatable bonds is 3. The summed E-state index contributed by atoms with van der Waals surface area (Å²) in [6.07, 6.45) is 1.57. The smallest absolute Gasteiger partial charge is 0.307 e. The van der Waals surface area contributed by atoms with Crippen molar-refractivity contribution >= 4 is 5.97 Å². The molecule has 1 aromatic heterocycles. The summed E-state index contributed by atoms with van der Waals surface area (Å²) in [5, 5.41) is 15.8. The molecule has 1 heterocycles. The zero-order valence-electron chi connectivity index (χ0n) is 10.7. The minimum absolute atomic E-state index is 0.0153. The molecule has 1 aromatic carbocycles. The van der Waals surface area contributed by atoms with Gasteiger partial charge in [-0.25, -0.2) is 0 Å². The Morgan fingerprint density at radius 3 is 2.44 bits per heavy atom. The van der Waals surface area contributed by atoms with Gasteiger partial charge in [0.25, 0.3) is 0 Å². The minimum Gasteiger partial charge on any atom is -0.481 e. The molecule has 0 atom stereocenters. The summed E-state index contributed by atoms with van der Waals surface area (Å²) < 4.78 is 0. The molecule has 0 unspecified atom stereocenters. The number of nitrogens with zero attached hydrogens (tertiary/aromatic N) is 1. The first kappa shape index (κ1) is 12.4. The summed E-state index contributed by atoms with van der Waals surface area (Å²) in [5.41, 5.74) is 6.04. The number of aryl methyl sites for hydroxylation is 3. The van der Waals surface area contributed by atoms with Crippen molar-refractivity contribution in [1.82, 2.24) is 10.2 Å². The number of carboxylic acid groups (broad SMARTS) is 1. The highest BCUT2D eigenvalue weighted by atomic mass is 16.4. The summed E-state index contributed by atoms with van der Waals surface area (Å²) >= 11 is 0. The molecule has 0 saturated carbocycles. The van der Waals surface area contributed by atoms with Crippen molar-refractivity contribution in [1.29, 1.82) is 0 Å². The van der Waals surface area contributed by atoms with Crippen LogP contribution in [0.4, 0.5) is 0 Å². The summed E-state index contributed by atoms with van der Waals surface area (Å²) in [5.74, 6) is -0.847. The van der Waals surface area contributed by atoms with Gasteiger partial charge < -0.3 is 5.11 Å². The number of aliphatic carboxylic acids is 1. The number of carbonyl (C=O) groups is 1. The zero-order valence-corrected chi connectivity index (χ0v) is 10.7. The number of hydrogen-bond donors (Lipinski definition) is 2. The maximum Gasteiger partial charge on any atom is 0.307 e. The molecule has 2 N–H and O–H groups in total. The fraction of sp³-hybridized carbons (Fsp3) is 0.286. The molecule has 4 nitrogen and oxygen atoms in total. The van der Waals surface area contributed by atoms with Crippen LogP contribution in [0.15, 0.2) is 18.3 Å². The van der Waals surface area contributed by atoms with Crippen molar-refractivity contribution in [2.24, 2.45) is 0 Å². The number of H-pyrrole nitrogens is 1. The SMILES string of the molecule is Cc1cc(C)c(-c2[nH]ncc2CC(=O)O)c(C)c1. The Balaban J connectivity index is 2.56. The van der Waals surface area contributed by atoms with Gasteiger partial charge in [0.15, 0.2) is 0 Å². The fourth-order valence-electron chi connectivity index (χ4n) is 2.40. The van der Waals surface area contributed by atoms with Crippen molar-refractivity contribution in [3.05, 3.63) is 40.6 Å². The number of carboxylic acids is 1. The van der Waals surface area contributed by atoms with Gasteiger partial charge in [0, 0.05) is 11.1 Å². The summed E-state index contributed by atoms with van der Waals surface area (Å²) in [6, 6.07) is 4.18. The van der Waals surface area contributed by atoms with Crippen LogP contribution in [0, 0.1) is 20.8 Å². The van der Waals surface area contributed by atoms with Crippen molar-refractivity contribution in [2.75, 3.05) is 0 Å². The normalized spacial score (nSPS) is 10.6. The molecular formula is C14H16N2O2. The molecule has 94 valence electrons. The van der Waals surface area contributed by atoms with E-state index < -0.39 is 5.97 Å². The van der Waals surface area contributed by atoms with E-state index in [0.717, 1.165) is 27.9 Å². The lowest BCUT2D eigenvalue weighted by Crippen LogP contribution is -2.01. The molecule has 0 aliphatic rings. The molecule has 18 heavy (non-hydrogen) atoms. The number of nitrogens with one attached hydrogen (secondary N) is 1. The van der Waals surface area contributed by atoms with Gasteiger partial charge in [0.2, 0.25) is 0 Å². The van der Waals surface area contributed by atoms with E-state index in [4.69, 9.17) is 5.11 Å². The number of aromatic nitrogens is 2. The Morgan fingerprint density at radius 1 is 1.28 bits per heavy atom. The Morgan fingerprint density at radius 2 is 1.89 bits per heavy atom. The third-order valence-electron chi connectivity index (χ3n) is 2.99. The standard InChI is InChI=1S/C14H16N2O2/c1-8-4-9(2)13(10(3)5-8)14-11(6-12(17)18)7-15-16-14/h4-5,7H,6H2,1-3H3,(H,15,16)(H,17,18). The van der Waals surface area contributed by atoms with Crippen molar-refractivity contribution in [3.8, 4) is 11.3 Å². The van der Waals surface area contributed by atoms with Crippen LogP contribution in [0.1, 0.15) is 22.3 Å². The highest BCUT2D eigenvalue weighted by molar-refractivity contribution is 5.77. The van der Waals surface area contributed by atoms with E-state index in [-0.39, 0.29) is 6.42 Å². The first-order valence-corrected chi connectivity index (χ1v) is 5.81. The van der Waals surface area contributed by atoms with Crippen LogP contribution in [0.5, 0.6) is 0 Å². The second kappa shape index (κ2) is 4.64. The maximum atomic E-state index is 10.8. The van der Waals surface area contributed by atoms with Crippen LogP contribution in [0.25, 0.3) is 11.3 Å². The summed E-state index contributed by atoms with van der Waals surface area (Å²) in [6.45, 7) is 6.11. The van der Waals surface area contributed by atoms with Crippen LogP contribution < -0.4 is 0 Å². The molecular weight excluding hydrogens is 228 g/mol. The largest absolute Gasteiger partial charge is 0.481 e. The van der Waals surface area contributed by atoms with Gasteiger partial charge in [0.05, 0.1) is 18.3 Å². The molecule has 2 rings (SSSR count). The average Bonchev–Trinajstić information content (AvgIpc) is 2.63. The van der Waals surface area contributed by atoms with Crippen molar-refractivity contribution in [3.63, 3.8) is 0 Å². The highest BCUT2D eigenvalue weighted by Crippen LogP contribution is 2.29. The lowest BCUT2D eigenvalue weighted by Gasteiger charge is -2.11. The third kappa shape index (κ3) is 2.27. The fourth-order valence-corrected chi connectivity index (χ4v) is 2.40. The van der Waals surface area contributed by atoms with Gasteiger partial charge in [-0.15, -0.1) is 0 Å². The second-order valence-corrected chi connectivity index (χ2v) is 4.61. The van der Waals surface area contributed by atoms with Gasteiger partial charge in [-0.2, -0.15) is 5.10 Å². The number of hydrogen-bond acceptors (Lipinski definition) is 2. The van der Waals surface area contributed by atoms with Crippen molar-refractivity contribution in [2.45, 2.75) is 27.2 Å². The van der Waals surface area contributed by atoms with E-state index in [1.165, 1.54) is 5.56 Å². The summed E-state index contributed by atoms with van der Waals surface area (Å²) in [7, 11) is 0. The van der Waals surface area contributed by atoms with E-state index >= 15 is 0 Å². The Kier molecular flexibility index (Phi) is 3.19. The molecule has 0 spiro atoms. The van der Waals surface area contributed by atoms with Gasteiger partial charge in [-0.3, -0.25) is 9.89 Å². The Labute approximate surface area is 106 Å². The molecule has 0 aliphatic carbocycles. The molecule has 4 heteroatoms. The molecule has 0 bridgehead atoms. The Hall–Kier alpha value is -2.10. The van der Waals surface area contributed by atoms with E-state index in [0.29, 0.717) is 0 Å². The third-order valence-corrected chi connectivity index (χ3v) is 2.99. The molecule has 2 aromatic rings. The van der Waals surface area contributed by atoms with Gasteiger partial charge in [-0.1, -0.05) is 17.7 Å². The lowest BCUT2D eigenvalue weighted by molar-refractivity contribution is -0.136. The molecule has 0 saturated heterocycles. The average molecular weight is 244 g/mol. The van der Waals surface area contributed by atoms with Crippen LogP contribution in [0.2, 0.25) is 0 Å². The van der Waals surface area contributed by atoms with E-state index in [2.05, 4.69) is 29.3 Å². The summed E-state index contributed by atoms with van der Waals surface area (Å²) in [4.78, 5) is 10.8. The topological polar surface area (TPSA) is 66.0 Å². The highest BCUT2D eigenvalue weighted by Gasteiger charge is 2.14. The predicted octanol–water partition coefficient (Wildman–Crippen LogP) is 2.63. The van der Waals surface area contributed by atoms with Crippen LogP contribution in [-0.2, 0) is 11.2 Å². The van der Waals surface area contributed by atoms with E-state index in [1.807, 2.05) is 13.8 Å². The first-order valence-electron chi connectivity index (χ1n) is 5.81. The predicted molar refractivity (Wildman–Crippen MR) is 69.6 cm³/mol. The second-order valence-electron chi connectivity index (χ2n) is 4.61. The zero-order chi connectivity index (χ0) is 13.3. The molecule has 0 fully saturated rings. The van der Waals surface area contributed by atoms with Gasteiger partial charge in [-0.05, 0) is 31.9 Å². The van der Waals surface area contributed by atoms with Crippen LogP contribution >= 0.6 is 0 Å². The van der Waals surface area contributed by atoms with Gasteiger partial charge in [0.1, 0.15) is 0 Å². The lowest BCUT2D eigenvalue weighted by atomic mass is 9.95. The molecule has 0 radical (unpaired) electrons. The van der Waals surface area contributed by atoms with Crippen molar-refractivity contribution < 1.29 is 9.90 Å². The number of benzene rings is 1. The molecule has 0 amide bonds. The minimum atomic E-state index is -0.847. The van der Waals surface area contributed by atoms with E-state index in [9.17, 15) is 4.79 Å². The van der Waals surface area contributed by atoms with E-state index in [1.54, 1.807) is 6.20 Å².